The van der Waals surface area contributed by atoms with Crippen molar-refractivity contribution in [2.75, 3.05) is 5.32 Å². The third-order valence-electron chi connectivity index (χ3n) is 3.47. The highest BCUT2D eigenvalue weighted by Crippen LogP contribution is 2.25. The van der Waals surface area contributed by atoms with Crippen LogP contribution in [0.1, 0.15) is 16.7 Å². The van der Waals surface area contributed by atoms with Gasteiger partial charge in [0.05, 0.1) is 5.56 Å². The third kappa shape index (κ3) is 3.10. The van der Waals surface area contributed by atoms with Crippen LogP contribution in [-0.2, 0) is 20.6 Å². The van der Waals surface area contributed by atoms with Gasteiger partial charge in [0, 0.05) is 37.0 Å². The highest BCUT2D eigenvalue weighted by atomic mass is 79.9. The minimum absolute atomic E-state index is 0.266. The van der Waals surface area contributed by atoms with Crippen molar-refractivity contribution in [3.05, 3.63) is 60.3 Å². The van der Waals surface area contributed by atoms with E-state index in [9.17, 15) is 9.59 Å². The number of benzene rings is 1. The van der Waals surface area contributed by atoms with Gasteiger partial charge in [-0.3, -0.25) is 9.36 Å². The number of hydrogen-bond donors (Lipinski definition) is 1. The largest absolute Gasteiger partial charge is 0.380 e. The number of rotatable bonds is 3. The summed E-state index contributed by atoms with van der Waals surface area (Å²) in [5, 5.41) is 3.29. The van der Waals surface area contributed by atoms with Crippen LogP contribution in [0.5, 0.6) is 0 Å². The van der Waals surface area contributed by atoms with Crippen molar-refractivity contribution in [3.8, 4) is 0 Å². The number of nitrogens with one attached hydrogen (secondary N) is 1. The van der Waals surface area contributed by atoms with E-state index in [-0.39, 0.29) is 11.2 Å². The normalized spacial score (nSPS) is 10.7. The second kappa shape index (κ2) is 5.89. The fourth-order valence-electron chi connectivity index (χ4n) is 2.38. The standard InChI is InChI=1S/C15H18BrN3O2/c1-9-5-12(16)6-10(2)13(9)17-7-11-8-18(3)15(21)19(4)14(11)20/h5-6,8,17H,7H2,1-4H3. The first-order valence-corrected chi connectivity index (χ1v) is 7.36. The van der Waals surface area contributed by atoms with E-state index < -0.39 is 0 Å². The molecule has 0 saturated heterocycles. The summed E-state index contributed by atoms with van der Waals surface area (Å²) < 4.78 is 3.57. The molecule has 2 rings (SSSR count). The molecule has 0 atom stereocenters. The summed E-state index contributed by atoms with van der Waals surface area (Å²) in [6.45, 7) is 4.40. The van der Waals surface area contributed by atoms with Crippen molar-refractivity contribution in [1.29, 1.82) is 0 Å². The van der Waals surface area contributed by atoms with Crippen LogP contribution in [0.3, 0.4) is 0 Å². The van der Waals surface area contributed by atoms with E-state index in [0.29, 0.717) is 12.1 Å². The molecule has 0 bridgehead atoms. The number of anilines is 1. The summed E-state index contributed by atoms with van der Waals surface area (Å²) in [4.78, 5) is 23.8. The first kappa shape index (κ1) is 15.6. The zero-order chi connectivity index (χ0) is 15.7. The van der Waals surface area contributed by atoms with Gasteiger partial charge in [0.15, 0.2) is 0 Å². The summed E-state index contributed by atoms with van der Waals surface area (Å²) in [6.07, 6.45) is 1.58. The topological polar surface area (TPSA) is 56.0 Å². The number of halogens is 1. The fraction of sp³-hybridized carbons (Fsp3) is 0.333. The molecule has 0 fully saturated rings. The molecule has 0 aliphatic heterocycles. The van der Waals surface area contributed by atoms with Crippen molar-refractivity contribution in [2.24, 2.45) is 14.1 Å². The lowest BCUT2D eigenvalue weighted by Gasteiger charge is -2.14. The lowest BCUT2D eigenvalue weighted by Crippen LogP contribution is -2.38. The number of hydrogen-bond acceptors (Lipinski definition) is 3. The lowest BCUT2D eigenvalue weighted by atomic mass is 10.1. The van der Waals surface area contributed by atoms with E-state index in [1.165, 1.54) is 11.6 Å². The molecule has 6 heteroatoms. The summed E-state index contributed by atoms with van der Waals surface area (Å²) >= 11 is 3.46. The fourth-order valence-corrected chi connectivity index (χ4v) is 3.06. The molecule has 0 aliphatic carbocycles. The van der Waals surface area contributed by atoms with Gasteiger partial charge in [0.25, 0.3) is 5.56 Å². The second-order valence-corrected chi connectivity index (χ2v) is 6.10. The van der Waals surface area contributed by atoms with Gasteiger partial charge in [-0.1, -0.05) is 15.9 Å². The molecule has 1 N–H and O–H groups in total. The van der Waals surface area contributed by atoms with Crippen molar-refractivity contribution >= 4 is 21.6 Å². The van der Waals surface area contributed by atoms with Crippen molar-refractivity contribution in [3.63, 3.8) is 0 Å². The molecular formula is C15H18BrN3O2. The molecule has 1 aromatic heterocycles. The Morgan fingerprint density at radius 2 is 1.71 bits per heavy atom. The molecule has 1 aromatic carbocycles. The van der Waals surface area contributed by atoms with Crippen LogP contribution >= 0.6 is 15.9 Å². The molecule has 0 aliphatic rings. The molecule has 5 nitrogen and oxygen atoms in total. The van der Waals surface area contributed by atoms with Crippen LogP contribution < -0.4 is 16.6 Å². The highest BCUT2D eigenvalue weighted by molar-refractivity contribution is 9.10. The van der Waals surface area contributed by atoms with E-state index in [2.05, 4.69) is 21.2 Å². The van der Waals surface area contributed by atoms with Crippen LogP contribution in [0.4, 0.5) is 5.69 Å². The average Bonchev–Trinajstić information content (AvgIpc) is 2.40. The molecular weight excluding hydrogens is 334 g/mol. The maximum absolute atomic E-state index is 12.1. The van der Waals surface area contributed by atoms with Crippen LogP contribution in [0.2, 0.25) is 0 Å². The molecule has 0 saturated carbocycles. The minimum Gasteiger partial charge on any atom is -0.380 e. The number of aryl methyl sites for hydroxylation is 3. The minimum atomic E-state index is -0.320. The van der Waals surface area contributed by atoms with Crippen molar-refractivity contribution in [2.45, 2.75) is 20.4 Å². The molecule has 2 aromatic rings. The second-order valence-electron chi connectivity index (χ2n) is 5.18. The Bertz CT molecular complexity index is 783. The Hall–Kier alpha value is -1.82. The van der Waals surface area contributed by atoms with E-state index in [4.69, 9.17) is 0 Å². The Morgan fingerprint density at radius 3 is 2.29 bits per heavy atom. The van der Waals surface area contributed by atoms with Gasteiger partial charge in [0.1, 0.15) is 0 Å². The summed E-state index contributed by atoms with van der Waals surface area (Å²) in [5.74, 6) is 0. The average molecular weight is 352 g/mol. The van der Waals surface area contributed by atoms with Crippen LogP contribution in [0, 0.1) is 13.8 Å². The van der Waals surface area contributed by atoms with E-state index >= 15 is 0 Å². The van der Waals surface area contributed by atoms with E-state index in [1.54, 1.807) is 13.2 Å². The first-order valence-electron chi connectivity index (χ1n) is 6.57. The third-order valence-corrected chi connectivity index (χ3v) is 3.93. The lowest BCUT2D eigenvalue weighted by molar-refractivity contribution is 0.671. The molecule has 0 unspecified atom stereocenters. The predicted molar refractivity (Wildman–Crippen MR) is 87.9 cm³/mol. The van der Waals surface area contributed by atoms with Crippen LogP contribution in [-0.4, -0.2) is 9.13 Å². The predicted octanol–water partition coefficient (Wildman–Crippen LogP) is 2.08. The summed E-state index contributed by atoms with van der Waals surface area (Å²) in [5.41, 5.74) is 3.18. The molecule has 21 heavy (non-hydrogen) atoms. The zero-order valence-corrected chi connectivity index (χ0v) is 14.1. The van der Waals surface area contributed by atoms with E-state index in [1.807, 2.05) is 26.0 Å². The molecule has 0 radical (unpaired) electrons. The Balaban J connectivity index is 2.34. The molecule has 0 spiro atoms. The molecule has 112 valence electrons. The van der Waals surface area contributed by atoms with Crippen LogP contribution in [0.15, 0.2) is 32.4 Å². The van der Waals surface area contributed by atoms with Gasteiger partial charge >= 0.3 is 5.69 Å². The quantitative estimate of drug-likeness (QED) is 0.920. The summed E-state index contributed by atoms with van der Waals surface area (Å²) in [6, 6.07) is 4.04. The van der Waals surface area contributed by atoms with Crippen LogP contribution in [0.25, 0.3) is 0 Å². The Morgan fingerprint density at radius 1 is 1.14 bits per heavy atom. The summed E-state index contributed by atoms with van der Waals surface area (Å²) in [7, 11) is 3.13. The molecule has 0 amide bonds. The van der Waals surface area contributed by atoms with Crippen molar-refractivity contribution in [1.82, 2.24) is 9.13 Å². The van der Waals surface area contributed by atoms with Gasteiger partial charge in [0.2, 0.25) is 0 Å². The Kier molecular flexibility index (Phi) is 4.37. The number of nitrogens with zero attached hydrogens (tertiary/aromatic N) is 2. The zero-order valence-electron chi connectivity index (χ0n) is 12.5. The van der Waals surface area contributed by atoms with Gasteiger partial charge < -0.3 is 9.88 Å². The molecule has 1 heterocycles. The monoisotopic (exact) mass is 351 g/mol. The van der Waals surface area contributed by atoms with Gasteiger partial charge in [-0.25, -0.2) is 4.79 Å². The van der Waals surface area contributed by atoms with Gasteiger partial charge in [-0.15, -0.1) is 0 Å². The first-order chi connectivity index (χ1) is 9.81. The van der Waals surface area contributed by atoms with Gasteiger partial charge in [-0.05, 0) is 37.1 Å². The Labute approximate surface area is 131 Å². The highest BCUT2D eigenvalue weighted by Gasteiger charge is 2.09. The van der Waals surface area contributed by atoms with E-state index in [0.717, 1.165) is 25.9 Å². The number of aromatic nitrogens is 2. The smallest absolute Gasteiger partial charge is 0.330 e. The van der Waals surface area contributed by atoms with Crippen molar-refractivity contribution < 1.29 is 0 Å². The maximum Gasteiger partial charge on any atom is 0.330 e. The van der Waals surface area contributed by atoms with Gasteiger partial charge in [-0.2, -0.15) is 0 Å². The SMILES string of the molecule is Cc1cc(Br)cc(C)c1NCc1cn(C)c(=O)n(C)c1=O. The maximum atomic E-state index is 12.1.